The minimum atomic E-state index is -0.789. The lowest BCUT2D eigenvalue weighted by molar-refractivity contribution is -0.870. The summed E-state index contributed by atoms with van der Waals surface area (Å²) in [5.74, 6) is -1.18. The zero-order valence-corrected chi connectivity index (χ0v) is 11.0. The molecule has 0 aromatic rings. The predicted molar refractivity (Wildman–Crippen MR) is 58.8 cm³/mol. The molecule has 0 fully saturated rings. The number of hydrogen-bond acceptors (Lipinski definition) is 2. The molecule has 0 heterocycles. The lowest BCUT2D eigenvalue weighted by atomic mass is 10.4. The molecule has 15 heavy (non-hydrogen) atoms. The van der Waals surface area contributed by atoms with Crippen LogP contribution in [0.2, 0.25) is 0 Å². The lowest BCUT2D eigenvalue weighted by Gasteiger charge is -2.22. The molecular weight excluding hydrogens is 216 g/mol. The molecular formula is C10H23ClN2O2. The summed E-state index contributed by atoms with van der Waals surface area (Å²) in [6.07, 6.45) is 2.52. The van der Waals surface area contributed by atoms with E-state index in [9.17, 15) is 4.79 Å². The minimum absolute atomic E-state index is 0. The Bertz CT molecular complexity index is 198. The van der Waals surface area contributed by atoms with Gasteiger partial charge in [-0.1, -0.05) is 6.92 Å². The molecule has 0 saturated carbocycles. The van der Waals surface area contributed by atoms with E-state index in [1.807, 2.05) is 0 Å². The summed E-state index contributed by atoms with van der Waals surface area (Å²) in [5, 5.41) is 8.32. The summed E-state index contributed by atoms with van der Waals surface area (Å²) in [7, 11) is 6.64. The third kappa shape index (κ3) is 19.6. The number of quaternary nitrogens is 1. The fraction of sp³-hybridized carbons (Fsp3) is 0.700. The van der Waals surface area contributed by atoms with Crippen LogP contribution in [-0.4, -0.2) is 43.2 Å². The molecule has 92 valence electrons. The molecule has 0 rings (SSSR count). The first-order chi connectivity index (χ1) is 6.24. The Morgan fingerprint density at radius 2 is 1.80 bits per heavy atom. The summed E-state index contributed by atoms with van der Waals surface area (Å²) < 4.78 is 1.09. The summed E-state index contributed by atoms with van der Waals surface area (Å²) in [4.78, 5) is 9.83. The first kappa shape index (κ1) is 19.8. The Kier molecular flexibility index (Phi) is 12.9. The normalized spacial score (nSPS) is 10.9. The van der Waals surface area contributed by atoms with Gasteiger partial charge in [0.15, 0.2) is 5.76 Å². The van der Waals surface area contributed by atoms with Crippen LogP contribution in [0.5, 0.6) is 0 Å². The van der Waals surface area contributed by atoms with E-state index in [4.69, 9.17) is 5.11 Å². The number of hydrogen-bond donors (Lipinski definition) is 2. The highest BCUT2D eigenvalue weighted by atomic mass is 35.5. The quantitative estimate of drug-likeness (QED) is 0.341. The van der Waals surface area contributed by atoms with Crippen molar-refractivity contribution >= 4 is 5.91 Å². The summed E-state index contributed by atoms with van der Waals surface area (Å²) in [6.45, 7) is 5.02. The third-order valence-corrected chi connectivity index (χ3v) is 1.42. The molecule has 0 radical (unpaired) electrons. The topological polar surface area (TPSA) is 63.3 Å². The van der Waals surface area contributed by atoms with Crippen molar-refractivity contribution in [2.45, 2.75) is 20.3 Å². The van der Waals surface area contributed by atoms with E-state index in [0.29, 0.717) is 0 Å². The number of nitrogens with two attached hydrogens (primary N) is 1. The average molecular weight is 239 g/mol. The molecule has 1 amide bonds. The second kappa shape index (κ2) is 9.80. The number of allylic oxidation sites excluding steroid dienone is 1. The Morgan fingerprint density at radius 1 is 1.40 bits per heavy atom. The van der Waals surface area contributed by atoms with Crippen molar-refractivity contribution in [1.82, 2.24) is 0 Å². The second-order valence-corrected chi connectivity index (χ2v) is 4.05. The van der Waals surface area contributed by atoms with Crippen LogP contribution < -0.4 is 18.1 Å². The molecule has 0 saturated heterocycles. The van der Waals surface area contributed by atoms with Crippen molar-refractivity contribution in [3.05, 3.63) is 11.8 Å². The largest absolute Gasteiger partial charge is 1.00 e. The maximum Gasteiger partial charge on any atom is 0.283 e. The molecule has 0 atom stereocenters. The van der Waals surface area contributed by atoms with Crippen LogP contribution >= 0.6 is 0 Å². The van der Waals surface area contributed by atoms with E-state index in [-0.39, 0.29) is 18.2 Å². The molecule has 0 aliphatic heterocycles. The second-order valence-electron chi connectivity index (χ2n) is 4.05. The monoisotopic (exact) mass is 238 g/mol. The molecule has 5 heteroatoms. The van der Waals surface area contributed by atoms with E-state index in [1.165, 1.54) is 26.0 Å². The maximum absolute atomic E-state index is 9.83. The molecule has 4 nitrogen and oxygen atoms in total. The smallest absolute Gasteiger partial charge is 0.283 e. The first-order valence-electron chi connectivity index (χ1n) is 4.70. The first-order valence-corrected chi connectivity index (χ1v) is 4.70. The molecule has 0 bridgehead atoms. The van der Waals surface area contributed by atoms with Gasteiger partial charge in [-0.15, -0.1) is 0 Å². The van der Waals surface area contributed by atoms with E-state index in [0.717, 1.165) is 4.48 Å². The SMILES string of the molecule is CC=C(O)C(N)=O.CCC[N+](C)(C)C.[Cl-]. The number of carbonyl (C=O) groups excluding carboxylic acids is 1. The lowest BCUT2D eigenvalue weighted by Crippen LogP contribution is -3.00. The third-order valence-electron chi connectivity index (χ3n) is 1.42. The van der Waals surface area contributed by atoms with Gasteiger partial charge in [-0.25, -0.2) is 0 Å². The van der Waals surface area contributed by atoms with E-state index < -0.39 is 5.91 Å². The van der Waals surface area contributed by atoms with Gasteiger partial charge in [0.2, 0.25) is 0 Å². The van der Waals surface area contributed by atoms with Gasteiger partial charge in [0, 0.05) is 0 Å². The average Bonchev–Trinajstić information content (AvgIpc) is 2.01. The van der Waals surface area contributed by atoms with Crippen molar-refractivity contribution in [1.29, 1.82) is 0 Å². The predicted octanol–water partition coefficient (Wildman–Crippen LogP) is -1.96. The number of rotatable bonds is 3. The van der Waals surface area contributed by atoms with Gasteiger partial charge in [-0.05, 0) is 19.4 Å². The van der Waals surface area contributed by atoms with Gasteiger partial charge in [-0.2, -0.15) is 0 Å². The van der Waals surface area contributed by atoms with Gasteiger partial charge in [0.05, 0.1) is 27.7 Å². The number of aliphatic hydroxyl groups excluding tert-OH is 1. The number of primary amides is 1. The van der Waals surface area contributed by atoms with Gasteiger partial charge in [0.25, 0.3) is 5.91 Å². The van der Waals surface area contributed by atoms with E-state index >= 15 is 0 Å². The maximum atomic E-state index is 9.83. The van der Waals surface area contributed by atoms with E-state index in [1.54, 1.807) is 0 Å². The number of halogens is 1. The zero-order chi connectivity index (χ0) is 11.8. The fourth-order valence-electron chi connectivity index (χ4n) is 0.813. The van der Waals surface area contributed by atoms with Crippen LogP contribution in [0.4, 0.5) is 0 Å². The molecule has 0 aliphatic carbocycles. The number of aliphatic hydroxyl groups is 1. The minimum Gasteiger partial charge on any atom is -1.00 e. The standard InChI is InChI=1S/C6H16N.C4H7NO2.ClH/c1-5-6-7(2,3)4;1-2-3(6)4(5)7;/h5-6H2,1-4H3;2,6H,1H3,(H2,5,7);1H/q+1;;/p-1. The van der Waals surface area contributed by atoms with Crippen LogP contribution in [0, 0.1) is 0 Å². The highest BCUT2D eigenvalue weighted by molar-refractivity contribution is 5.89. The van der Waals surface area contributed by atoms with Crippen molar-refractivity contribution < 1.29 is 26.8 Å². The van der Waals surface area contributed by atoms with Crippen LogP contribution in [-0.2, 0) is 4.79 Å². The molecule has 0 aliphatic rings. The summed E-state index contributed by atoms with van der Waals surface area (Å²) in [5.41, 5.74) is 4.59. The molecule has 0 unspecified atom stereocenters. The molecule has 3 N–H and O–H groups in total. The number of amides is 1. The number of carbonyl (C=O) groups is 1. The van der Waals surface area contributed by atoms with E-state index in [2.05, 4.69) is 33.8 Å². The molecule has 0 spiro atoms. The van der Waals surface area contributed by atoms with Crippen LogP contribution in [0.1, 0.15) is 20.3 Å². The molecule has 0 aromatic heterocycles. The van der Waals surface area contributed by atoms with Crippen molar-refractivity contribution in [3.8, 4) is 0 Å². The Morgan fingerprint density at radius 3 is 1.80 bits per heavy atom. The van der Waals surface area contributed by atoms with Crippen LogP contribution in [0.25, 0.3) is 0 Å². The van der Waals surface area contributed by atoms with Crippen molar-refractivity contribution in [2.75, 3.05) is 27.7 Å². The van der Waals surface area contributed by atoms with Gasteiger partial charge < -0.3 is 27.7 Å². The Balaban J connectivity index is -0.000000180. The summed E-state index contributed by atoms with van der Waals surface area (Å²) >= 11 is 0. The van der Waals surface area contributed by atoms with Gasteiger partial charge in [-0.3, -0.25) is 4.79 Å². The highest BCUT2D eigenvalue weighted by Gasteiger charge is 2.01. The van der Waals surface area contributed by atoms with Crippen molar-refractivity contribution in [2.24, 2.45) is 5.73 Å². The van der Waals surface area contributed by atoms with Crippen molar-refractivity contribution in [3.63, 3.8) is 0 Å². The Labute approximate surface area is 98.8 Å². The van der Waals surface area contributed by atoms with Crippen LogP contribution in [0.15, 0.2) is 11.8 Å². The summed E-state index contributed by atoms with van der Waals surface area (Å²) in [6, 6.07) is 0. The number of nitrogens with zero attached hydrogens (tertiary/aromatic N) is 1. The zero-order valence-electron chi connectivity index (χ0n) is 10.2. The fourth-order valence-corrected chi connectivity index (χ4v) is 0.813. The highest BCUT2D eigenvalue weighted by Crippen LogP contribution is 1.90. The van der Waals surface area contributed by atoms with Gasteiger partial charge in [0.1, 0.15) is 0 Å². The van der Waals surface area contributed by atoms with Gasteiger partial charge >= 0.3 is 0 Å². The van der Waals surface area contributed by atoms with Crippen LogP contribution in [0.3, 0.4) is 0 Å². The Hall–Kier alpha value is -0.740. The molecule has 0 aromatic carbocycles.